The van der Waals surface area contributed by atoms with Crippen LogP contribution in [-0.2, 0) is 6.54 Å². The van der Waals surface area contributed by atoms with E-state index in [2.05, 4.69) is 38.5 Å². The van der Waals surface area contributed by atoms with Crippen molar-refractivity contribution >= 4 is 11.5 Å². The van der Waals surface area contributed by atoms with Crippen LogP contribution in [0.5, 0.6) is 0 Å². The summed E-state index contributed by atoms with van der Waals surface area (Å²) in [5, 5.41) is 19.7. The van der Waals surface area contributed by atoms with E-state index in [9.17, 15) is 10.1 Å². The number of non-ortho nitro benzene ring substituents is 1. The molecule has 1 fully saturated rings. The second-order valence-corrected chi connectivity index (χ2v) is 8.09. The average molecular weight is 407 g/mol. The van der Waals surface area contributed by atoms with Crippen molar-refractivity contribution in [3.8, 4) is 11.4 Å². The Labute approximate surface area is 175 Å². The van der Waals surface area contributed by atoms with Gasteiger partial charge in [0.1, 0.15) is 12.1 Å². The van der Waals surface area contributed by atoms with Gasteiger partial charge in [-0.2, -0.15) is 0 Å². The largest absolute Gasteiger partial charge is 0.346 e. The maximum Gasteiger partial charge on any atom is 0.270 e. The second-order valence-electron chi connectivity index (χ2n) is 8.09. The molecular formula is C21H25N7O2. The number of benzene rings is 1. The van der Waals surface area contributed by atoms with Gasteiger partial charge in [0.15, 0.2) is 11.6 Å². The molecule has 0 aliphatic carbocycles. The third-order valence-corrected chi connectivity index (χ3v) is 5.21. The van der Waals surface area contributed by atoms with Crippen molar-refractivity contribution < 1.29 is 4.92 Å². The molecule has 0 bridgehead atoms. The molecular weight excluding hydrogens is 382 g/mol. The van der Waals surface area contributed by atoms with E-state index >= 15 is 0 Å². The molecule has 156 valence electrons. The minimum Gasteiger partial charge on any atom is -0.346 e. The van der Waals surface area contributed by atoms with E-state index in [-0.39, 0.29) is 11.7 Å². The van der Waals surface area contributed by atoms with Gasteiger partial charge in [0, 0.05) is 42.5 Å². The van der Waals surface area contributed by atoms with Gasteiger partial charge >= 0.3 is 0 Å². The lowest BCUT2D eigenvalue weighted by Gasteiger charge is -2.26. The smallest absolute Gasteiger partial charge is 0.270 e. The highest BCUT2D eigenvalue weighted by Gasteiger charge is 2.31. The molecule has 0 amide bonds. The quantitative estimate of drug-likeness (QED) is 0.450. The monoisotopic (exact) mass is 407 g/mol. The van der Waals surface area contributed by atoms with Gasteiger partial charge in [0.25, 0.3) is 5.69 Å². The molecule has 1 saturated heterocycles. The maximum atomic E-state index is 11.2. The predicted octanol–water partition coefficient (Wildman–Crippen LogP) is 3.95. The summed E-state index contributed by atoms with van der Waals surface area (Å²) in [6, 6.07) is 8.50. The lowest BCUT2D eigenvalue weighted by atomic mass is 10.1. The number of nitro groups is 1. The highest BCUT2D eigenvalue weighted by atomic mass is 16.6. The molecule has 3 heterocycles. The summed E-state index contributed by atoms with van der Waals surface area (Å²) >= 11 is 0. The number of hydrogen-bond donors (Lipinski definition) is 0. The van der Waals surface area contributed by atoms with Crippen LogP contribution in [0.4, 0.5) is 11.5 Å². The Kier molecular flexibility index (Phi) is 5.43. The molecule has 1 aliphatic rings. The summed E-state index contributed by atoms with van der Waals surface area (Å²) in [5.74, 6) is 2.75. The molecule has 2 aromatic heterocycles. The van der Waals surface area contributed by atoms with E-state index in [1.54, 1.807) is 18.5 Å². The van der Waals surface area contributed by atoms with Crippen LogP contribution < -0.4 is 4.90 Å². The summed E-state index contributed by atoms with van der Waals surface area (Å²) in [7, 11) is 0. The van der Waals surface area contributed by atoms with Gasteiger partial charge < -0.3 is 9.47 Å². The van der Waals surface area contributed by atoms with E-state index in [1.807, 2.05) is 13.0 Å². The molecule has 0 N–H and O–H groups in total. The van der Waals surface area contributed by atoms with Gasteiger partial charge in [-0.15, -0.1) is 10.2 Å². The number of anilines is 1. The maximum absolute atomic E-state index is 11.2. The zero-order chi connectivity index (χ0) is 21.3. The number of hydrogen-bond acceptors (Lipinski definition) is 7. The van der Waals surface area contributed by atoms with Crippen LogP contribution in [0.2, 0.25) is 0 Å². The number of nitrogens with zero attached hydrogens (tertiary/aromatic N) is 7. The summed E-state index contributed by atoms with van der Waals surface area (Å²) in [4.78, 5) is 22.3. The molecule has 1 atom stereocenters. The normalized spacial score (nSPS) is 16.4. The first-order valence-electron chi connectivity index (χ1n) is 10.2. The molecule has 1 unspecified atom stereocenters. The van der Waals surface area contributed by atoms with E-state index in [1.165, 1.54) is 12.1 Å². The first-order valence-corrected chi connectivity index (χ1v) is 10.2. The molecule has 9 nitrogen and oxygen atoms in total. The third kappa shape index (κ3) is 4.00. The molecule has 0 radical (unpaired) electrons. The van der Waals surface area contributed by atoms with Crippen molar-refractivity contribution in [2.24, 2.45) is 5.92 Å². The van der Waals surface area contributed by atoms with Crippen LogP contribution in [0.15, 0.2) is 36.7 Å². The van der Waals surface area contributed by atoms with Gasteiger partial charge in [-0.25, -0.2) is 9.97 Å². The fraction of sp³-hybridized carbons (Fsp3) is 0.429. The SMILES string of the molecule is Cc1cc(N2CCCC2c2nncn2CC(C)C)nc(-c2cccc([N+](=O)[O-])c2)n1. The van der Waals surface area contributed by atoms with Crippen molar-refractivity contribution in [1.29, 1.82) is 0 Å². The molecule has 3 aromatic rings. The van der Waals surface area contributed by atoms with Gasteiger partial charge in [-0.05, 0) is 25.7 Å². The van der Waals surface area contributed by atoms with Crippen molar-refractivity contribution in [3.05, 3.63) is 58.3 Å². The Morgan fingerprint density at radius 3 is 2.87 bits per heavy atom. The summed E-state index contributed by atoms with van der Waals surface area (Å²) < 4.78 is 2.13. The number of nitro benzene ring substituents is 1. The Morgan fingerprint density at radius 2 is 2.10 bits per heavy atom. The van der Waals surface area contributed by atoms with Crippen LogP contribution in [0.1, 0.15) is 44.2 Å². The predicted molar refractivity (Wildman–Crippen MR) is 113 cm³/mol. The van der Waals surface area contributed by atoms with E-state index in [4.69, 9.17) is 4.98 Å². The van der Waals surface area contributed by atoms with Crippen molar-refractivity contribution in [2.45, 2.75) is 46.2 Å². The van der Waals surface area contributed by atoms with Gasteiger partial charge in [-0.1, -0.05) is 26.0 Å². The first-order chi connectivity index (χ1) is 14.4. The van der Waals surface area contributed by atoms with E-state index < -0.39 is 4.92 Å². The fourth-order valence-corrected chi connectivity index (χ4v) is 3.95. The second kappa shape index (κ2) is 8.17. The number of aryl methyl sites for hydroxylation is 1. The Bertz CT molecular complexity index is 1060. The van der Waals surface area contributed by atoms with E-state index in [0.717, 1.165) is 43.3 Å². The molecule has 1 aliphatic heterocycles. The summed E-state index contributed by atoms with van der Waals surface area (Å²) in [6.45, 7) is 8.00. The van der Waals surface area contributed by atoms with Crippen LogP contribution >= 0.6 is 0 Å². The molecule has 0 spiro atoms. The van der Waals surface area contributed by atoms with Gasteiger partial charge in [0.2, 0.25) is 0 Å². The Balaban J connectivity index is 1.70. The Morgan fingerprint density at radius 1 is 1.27 bits per heavy atom. The fourth-order valence-electron chi connectivity index (χ4n) is 3.95. The lowest BCUT2D eigenvalue weighted by Crippen LogP contribution is -2.27. The third-order valence-electron chi connectivity index (χ3n) is 5.21. The Hall–Kier alpha value is -3.36. The summed E-state index contributed by atoms with van der Waals surface area (Å²) in [6.07, 6.45) is 3.81. The van der Waals surface area contributed by atoms with Crippen molar-refractivity contribution in [1.82, 2.24) is 24.7 Å². The van der Waals surface area contributed by atoms with Crippen LogP contribution in [0.3, 0.4) is 0 Å². The minimum absolute atomic E-state index is 0.0278. The molecule has 9 heteroatoms. The number of aromatic nitrogens is 5. The molecule has 1 aromatic carbocycles. The molecule has 30 heavy (non-hydrogen) atoms. The lowest BCUT2D eigenvalue weighted by molar-refractivity contribution is -0.384. The van der Waals surface area contributed by atoms with Crippen LogP contribution in [0.25, 0.3) is 11.4 Å². The van der Waals surface area contributed by atoms with E-state index in [0.29, 0.717) is 17.3 Å². The van der Waals surface area contributed by atoms with Crippen molar-refractivity contribution in [3.63, 3.8) is 0 Å². The molecule has 4 rings (SSSR count). The minimum atomic E-state index is -0.405. The highest BCUT2D eigenvalue weighted by molar-refractivity contribution is 5.61. The number of rotatable bonds is 6. The zero-order valence-corrected chi connectivity index (χ0v) is 17.4. The topological polar surface area (TPSA) is 103 Å². The average Bonchev–Trinajstić information content (AvgIpc) is 3.36. The molecule has 0 saturated carbocycles. The van der Waals surface area contributed by atoms with Crippen molar-refractivity contribution in [2.75, 3.05) is 11.4 Å². The first kappa shape index (κ1) is 19.9. The zero-order valence-electron chi connectivity index (χ0n) is 17.4. The standard InChI is InChI=1S/C21H25N7O2/c1-14(2)12-26-13-22-25-21(26)18-8-5-9-27(18)19-10-15(3)23-20(24-19)16-6-4-7-17(11-16)28(29)30/h4,6-7,10-11,13-14,18H,5,8-9,12H2,1-3H3. The van der Waals surface area contributed by atoms with Gasteiger partial charge in [-0.3, -0.25) is 10.1 Å². The highest BCUT2D eigenvalue weighted by Crippen LogP contribution is 2.35. The van der Waals surface area contributed by atoms with Crippen LogP contribution in [0, 0.1) is 23.0 Å². The van der Waals surface area contributed by atoms with Gasteiger partial charge in [0.05, 0.1) is 11.0 Å². The van der Waals surface area contributed by atoms with Crippen LogP contribution in [-0.4, -0.2) is 36.2 Å². The summed E-state index contributed by atoms with van der Waals surface area (Å²) in [5.41, 5.74) is 1.48.